The van der Waals surface area contributed by atoms with Crippen LogP contribution in [0.5, 0.6) is 0 Å². The van der Waals surface area contributed by atoms with E-state index in [9.17, 15) is 5.11 Å². The fraction of sp³-hybridized carbons (Fsp3) is 0.810. The van der Waals surface area contributed by atoms with Crippen LogP contribution in [0.15, 0.2) is 6.20 Å². The number of nitrogens with two attached hydrogens (primary N) is 1. The van der Waals surface area contributed by atoms with Gasteiger partial charge in [0.05, 0.1) is 6.10 Å². The quantitative estimate of drug-likeness (QED) is 0.759. The van der Waals surface area contributed by atoms with Crippen molar-refractivity contribution in [1.82, 2.24) is 9.97 Å². The Balaban J connectivity index is 1.50. The van der Waals surface area contributed by atoms with Gasteiger partial charge in [-0.1, -0.05) is 13.8 Å². The van der Waals surface area contributed by atoms with Gasteiger partial charge in [0.2, 0.25) is 5.95 Å². The van der Waals surface area contributed by atoms with E-state index in [1.807, 2.05) is 6.20 Å². The van der Waals surface area contributed by atoms with Crippen LogP contribution in [0.1, 0.15) is 63.6 Å². The predicted octanol–water partition coefficient (Wildman–Crippen LogP) is 3.38. The van der Waals surface area contributed by atoms with E-state index in [4.69, 9.17) is 5.73 Å². The van der Waals surface area contributed by atoms with Gasteiger partial charge < -0.3 is 10.8 Å². The highest BCUT2D eigenvalue weighted by Gasteiger charge is 2.60. The molecule has 1 unspecified atom stereocenters. The van der Waals surface area contributed by atoms with Gasteiger partial charge in [-0.25, -0.2) is 9.97 Å². The van der Waals surface area contributed by atoms with Crippen LogP contribution in [0.2, 0.25) is 0 Å². The number of hydrogen-bond donors (Lipinski definition) is 2. The molecule has 0 aromatic carbocycles. The smallest absolute Gasteiger partial charge is 0.220 e. The first-order valence-electron chi connectivity index (χ1n) is 10.2. The lowest BCUT2D eigenvalue weighted by atomic mass is 9.45. The number of aliphatic hydroxyl groups is 1. The summed E-state index contributed by atoms with van der Waals surface area (Å²) in [5.74, 6) is 3.47. The molecule has 4 aliphatic rings. The van der Waals surface area contributed by atoms with Gasteiger partial charge in [-0.2, -0.15) is 0 Å². The maximum absolute atomic E-state index is 10.6. The van der Waals surface area contributed by atoms with E-state index in [0.717, 1.165) is 42.9 Å². The first-order chi connectivity index (χ1) is 11.9. The number of nitrogens with zero attached hydrogens (tertiary/aromatic N) is 2. The largest absolute Gasteiger partial charge is 0.393 e. The molecule has 25 heavy (non-hydrogen) atoms. The maximum atomic E-state index is 10.6. The zero-order chi connectivity index (χ0) is 17.4. The topological polar surface area (TPSA) is 72.0 Å². The molecule has 4 nitrogen and oxygen atoms in total. The standard InChI is InChI=1S/C21H31N3O/c1-20-8-7-16-14(15(20)5-6-18(20)25)4-3-13-9-17-12(10-21(13,16)2)11-23-19(22)24-17/h11,13-16,18,25H,3-10H2,1-2H3,(H2,22,23,24)/t13?,14-,15-,16-,18-,20-,21-/m0/s1. The molecule has 0 saturated heterocycles. The molecule has 7 atom stereocenters. The summed E-state index contributed by atoms with van der Waals surface area (Å²) in [6.07, 6.45) is 11.5. The van der Waals surface area contributed by atoms with Crippen LogP contribution in [-0.2, 0) is 12.8 Å². The van der Waals surface area contributed by atoms with Gasteiger partial charge in [-0.05, 0) is 91.4 Å². The van der Waals surface area contributed by atoms with Crippen molar-refractivity contribution in [1.29, 1.82) is 0 Å². The van der Waals surface area contributed by atoms with Gasteiger partial charge in [0.1, 0.15) is 0 Å². The van der Waals surface area contributed by atoms with Crippen LogP contribution < -0.4 is 5.73 Å². The minimum atomic E-state index is -0.0764. The van der Waals surface area contributed by atoms with Crippen molar-refractivity contribution < 1.29 is 5.11 Å². The monoisotopic (exact) mass is 341 g/mol. The Kier molecular flexibility index (Phi) is 3.33. The van der Waals surface area contributed by atoms with Crippen LogP contribution in [0.4, 0.5) is 5.95 Å². The summed E-state index contributed by atoms with van der Waals surface area (Å²) in [5, 5.41) is 10.6. The average molecular weight is 341 g/mol. The normalized spacial score (nSPS) is 48.2. The van der Waals surface area contributed by atoms with Crippen LogP contribution in [0.3, 0.4) is 0 Å². The molecule has 3 saturated carbocycles. The fourth-order valence-electron chi connectivity index (χ4n) is 7.54. The second-order valence-corrected chi connectivity index (χ2v) is 9.88. The first kappa shape index (κ1) is 16.0. The number of anilines is 1. The summed E-state index contributed by atoms with van der Waals surface area (Å²) in [6.45, 7) is 4.91. The molecule has 3 fully saturated rings. The minimum Gasteiger partial charge on any atom is -0.393 e. The van der Waals surface area contributed by atoms with Gasteiger partial charge in [-0.3, -0.25) is 0 Å². The Morgan fingerprint density at radius 3 is 2.72 bits per heavy atom. The summed E-state index contributed by atoms with van der Waals surface area (Å²) in [7, 11) is 0. The Hall–Kier alpha value is -1.16. The Morgan fingerprint density at radius 2 is 1.88 bits per heavy atom. The number of rotatable bonds is 0. The number of aliphatic hydroxyl groups excluding tert-OH is 1. The second kappa shape index (κ2) is 5.18. The van der Waals surface area contributed by atoms with Crippen molar-refractivity contribution in [3.63, 3.8) is 0 Å². The molecule has 136 valence electrons. The molecule has 0 aliphatic heterocycles. The molecule has 0 bridgehead atoms. The van der Waals surface area contributed by atoms with E-state index >= 15 is 0 Å². The Labute approximate surface area is 150 Å². The van der Waals surface area contributed by atoms with Crippen molar-refractivity contribution in [3.05, 3.63) is 17.5 Å². The Bertz CT molecular complexity index is 706. The average Bonchev–Trinajstić information content (AvgIpc) is 2.88. The van der Waals surface area contributed by atoms with Gasteiger partial charge in [-0.15, -0.1) is 0 Å². The van der Waals surface area contributed by atoms with E-state index in [1.165, 1.54) is 43.4 Å². The van der Waals surface area contributed by atoms with Gasteiger partial charge >= 0.3 is 0 Å². The number of fused-ring (bicyclic) bond motifs is 6. The van der Waals surface area contributed by atoms with Crippen LogP contribution in [0.25, 0.3) is 0 Å². The highest BCUT2D eigenvalue weighted by molar-refractivity contribution is 5.30. The third-order valence-electron chi connectivity index (χ3n) is 9.00. The van der Waals surface area contributed by atoms with E-state index in [1.54, 1.807) is 0 Å². The SMILES string of the molecule is C[C@]12CC[C@H]3[C@@H](CCC4Cc5nc(N)ncc5C[C@@]43C)[C@@H]1CC[C@@H]2O. The summed E-state index contributed by atoms with van der Waals surface area (Å²) < 4.78 is 0. The molecule has 3 N–H and O–H groups in total. The fourth-order valence-corrected chi connectivity index (χ4v) is 7.54. The van der Waals surface area contributed by atoms with Crippen molar-refractivity contribution in [2.24, 2.45) is 34.5 Å². The molecule has 1 heterocycles. The molecule has 4 aliphatic carbocycles. The second-order valence-electron chi connectivity index (χ2n) is 9.88. The van der Waals surface area contributed by atoms with E-state index in [0.29, 0.717) is 11.4 Å². The number of hydrogen-bond acceptors (Lipinski definition) is 4. The minimum absolute atomic E-state index is 0.0764. The molecule has 0 radical (unpaired) electrons. The molecule has 4 heteroatoms. The van der Waals surface area contributed by atoms with E-state index in [-0.39, 0.29) is 11.5 Å². The van der Waals surface area contributed by atoms with E-state index in [2.05, 4.69) is 23.8 Å². The highest BCUT2D eigenvalue weighted by atomic mass is 16.3. The van der Waals surface area contributed by atoms with Crippen molar-refractivity contribution in [2.45, 2.75) is 71.3 Å². The molecular formula is C21H31N3O. The first-order valence-corrected chi connectivity index (χ1v) is 10.2. The van der Waals surface area contributed by atoms with Crippen LogP contribution in [0, 0.1) is 34.5 Å². The third kappa shape index (κ3) is 2.09. The summed E-state index contributed by atoms with van der Waals surface area (Å²) in [4.78, 5) is 8.82. The summed E-state index contributed by atoms with van der Waals surface area (Å²) >= 11 is 0. The lowest BCUT2D eigenvalue weighted by Crippen LogP contribution is -2.54. The van der Waals surface area contributed by atoms with Gasteiger partial charge in [0.15, 0.2) is 0 Å². The molecule has 0 amide bonds. The van der Waals surface area contributed by atoms with E-state index < -0.39 is 0 Å². The molecule has 0 spiro atoms. The summed E-state index contributed by atoms with van der Waals surface area (Å²) in [6, 6.07) is 0. The van der Waals surface area contributed by atoms with Gasteiger partial charge in [0.25, 0.3) is 0 Å². The van der Waals surface area contributed by atoms with Crippen molar-refractivity contribution in [2.75, 3.05) is 5.73 Å². The van der Waals surface area contributed by atoms with Crippen LogP contribution >= 0.6 is 0 Å². The van der Waals surface area contributed by atoms with Gasteiger partial charge in [0, 0.05) is 11.9 Å². The zero-order valence-electron chi connectivity index (χ0n) is 15.5. The zero-order valence-corrected chi connectivity index (χ0v) is 15.5. The lowest BCUT2D eigenvalue weighted by molar-refractivity contribution is -0.111. The van der Waals surface area contributed by atoms with Crippen LogP contribution in [-0.4, -0.2) is 21.2 Å². The van der Waals surface area contributed by atoms with Crippen molar-refractivity contribution >= 4 is 5.95 Å². The molecule has 1 aromatic heterocycles. The molecular weight excluding hydrogens is 310 g/mol. The lowest BCUT2D eigenvalue weighted by Gasteiger charge is -2.60. The third-order valence-corrected chi connectivity index (χ3v) is 9.00. The number of aromatic nitrogens is 2. The number of nitrogen functional groups attached to an aromatic ring is 1. The predicted molar refractivity (Wildman–Crippen MR) is 97.7 cm³/mol. The highest BCUT2D eigenvalue weighted by Crippen LogP contribution is 2.65. The Morgan fingerprint density at radius 1 is 1.08 bits per heavy atom. The summed E-state index contributed by atoms with van der Waals surface area (Å²) in [5.41, 5.74) is 8.90. The molecule has 1 aromatic rings. The van der Waals surface area contributed by atoms with Crippen molar-refractivity contribution in [3.8, 4) is 0 Å². The maximum Gasteiger partial charge on any atom is 0.220 e. The molecule has 5 rings (SSSR count).